The molecule has 2 rings (SSSR count). The van der Waals surface area contributed by atoms with Gasteiger partial charge in [0.15, 0.2) is 0 Å². The van der Waals surface area contributed by atoms with Gasteiger partial charge in [-0.3, -0.25) is 0 Å². The molecule has 0 saturated carbocycles. The Balaban J connectivity index is 2.47. The van der Waals surface area contributed by atoms with Crippen molar-refractivity contribution in [2.45, 2.75) is 6.42 Å². The number of rotatable bonds is 4. The lowest BCUT2D eigenvalue weighted by atomic mass is 10.1. The van der Waals surface area contributed by atoms with Crippen molar-refractivity contribution in [3.63, 3.8) is 0 Å². The van der Waals surface area contributed by atoms with Crippen LogP contribution in [0.4, 0.5) is 0 Å². The summed E-state index contributed by atoms with van der Waals surface area (Å²) in [6.07, 6.45) is 2.09. The van der Waals surface area contributed by atoms with Crippen LogP contribution in [-0.2, 0) is 6.42 Å². The van der Waals surface area contributed by atoms with Crippen LogP contribution in [0.3, 0.4) is 0 Å². The molecule has 0 fully saturated rings. The molecule has 1 N–H and O–H groups in total. The number of benzene rings is 1. The molecule has 2 aromatic rings. The van der Waals surface area contributed by atoms with E-state index in [0.717, 1.165) is 11.3 Å². The molecule has 0 saturated heterocycles. The summed E-state index contributed by atoms with van der Waals surface area (Å²) in [7, 11) is 1.60. The average Bonchev–Trinajstić information content (AvgIpc) is 2.39. The lowest BCUT2D eigenvalue weighted by molar-refractivity contribution is 0.296. The van der Waals surface area contributed by atoms with E-state index in [1.807, 2.05) is 0 Å². The molecule has 18 heavy (non-hydrogen) atoms. The van der Waals surface area contributed by atoms with Crippen molar-refractivity contribution in [1.29, 1.82) is 0 Å². The minimum absolute atomic E-state index is 0.0239. The quantitative estimate of drug-likeness (QED) is 0.921. The van der Waals surface area contributed by atoms with E-state index >= 15 is 0 Å². The average molecular weight is 265 g/mol. The second-order valence-corrected chi connectivity index (χ2v) is 4.11. The topological polar surface area (TPSA) is 55.2 Å². The third-order valence-electron chi connectivity index (χ3n) is 2.48. The largest absolute Gasteiger partial charge is 0.496 e. The van der Waals surface area contributed by atoms with Gasteiger partial charge in [0.25, 0.3) is 0 Å². The Bertz CT molecular complexity index is 546. The summed E-state index contributed by atoms with van der Waals surface area (Å²) in [5, 5.41) is 9.52. The molecule has 0 atom stereocenters. The van der Waals surface area contributed by atoms with E-state index in [-0.39, 0.29) is 6.61 Å². The third-order valence-corrected chi connectivity index (χ3v) is 2.71. The van der Waals surface area contributed by atoms with Crippen molar-refractivity contribution in [2.24, 2.45) is 0 Å². The van der Waals surface area contributed by atoms with E-state index < -0.39 is 0 Å². The lowest BCUT2D eigenvalue weighted by Gasteiger charge is -2.09. The first kappa shape index (κ1) is 12.8. The molecule has 94 valence electrons. The van der Waals surface area contributed by atoms with Crippen molar-refractivity contribution >= 4 is 11.6 Å². The summed E-state index contributed by atoms with van der Waals surface area (Å²) in [6, 6.07) is 7.14. The minimum Gasteiger partial charge on any atom is -0.496 e. The maximum atomic E-state index is 8.90. The standard InChI is InChI=1S/C13H13ClN2O2/c1-18-12-3-2-9(14)8-10(12)11-4-6-15-13(16-11)5-7-17/h2-4,6,8,17H,5,7H2,1H3. The number of hydrogen-bond donors (Lipinski definition) is 1. The summed E-state index contributed by atoms with van der Waals surface area (Å²) in [5.41, 5.74) is 1.54. The highest BCUT2D eigenvalue weighted by atomic mass is 35.5. The second-order valence-electron chi connectivity index (χ2n) is 3.68. The fourth-order valence-corrected chi connectivity index (χ4v) is 1.82. The van der Waals surface area contributed by atoms with Gasteiger partial charge in [-0.05, 0) is 24.3 Å². The lowest BCUT2D eigenvalue weighted by Crippen LogP contribution is -2.00. The molecule has 5 heteroatoms. The van der Waals surface area contributed by atoms with Crippen molar-refractivity contribution in [3.8, 4) is 17.0 Å². The maximum Gasteiger partial charge on any atom is 0.131 e. The van der Waals surface area contributed by atoms with E-state index in [1.54, 1.807) is 37.6 Å². The van der Waals surface area contributed by atoms with Crippen LogP contribution in [0.5, 0.6) is 5.75 Å². The molecule has 0 unspecified atom stereocenters. The van der Waals surface area contributed by atoms with Gasteiger partial charge in [-0.1, -0.05) is 11.6 Å². The molecule has 0 amide bonds. The van der Waals surface area contributed by atoms with Gasteiger partial charge in [-0.15, -0.1) is 0 Å². The number of ether oxygens (including phenoxy) is 1. The first-order valence-corrected chi connectivity index (χ1v) is 5.89. The Labute approximate surface area is 110 Å². The Hall–Kier alpha value is -1.65. The first-order chi connectivity index (χ1) is 8.74. The highest BCUT2D eigenvalue weighted by Crippen LogP contribution is 2.31. The summed E-state index contributed by atoms with van der Waals surface area (Å²) in [4.78, 5) is 8.46. The number of hydrogen-bond acceptors (Lipinski definition) is 4. The van der Waals surface area contributed by atoms with Gasteiger partial charge in [-0.2, -0.15) is 0 Å². The molecule has 1 aromatic heterocycles. The molecule has 0 radical (unpaired) electrons. The van der Waals surface area contributed by atoms with Crippen LogP contribution >= 0.6 is 11.6 Å². The number of methoxy groups -OCH3 is 1. The van der Waals surface area contributed by atoms with Gasteiger partial charge in [0.1, 0.15) is 11.6 Å². The number of aromatic nitrogens is 2. The van der Waals surface area contributed by atoms with E-state index in [1.165, 1.54) is 0 Å². The summed E-state index contributed by atoms with van der Waals surface area (Å²) < 4.78 is 5.29. The van der Waals surface area contributed by atoms with Crippen LogP contribution in [0, 0.1) is 0 Å². The molecule has 1 heterocycles. The van der Waals surface area contributed by atoms with Gasteiger partial charge >= 0.3 is 0 Å². The summed E-state index contributed by atoms with van der Waals surface area (Å²) in [6.45, 7) is 0.0239. The van der Waals surface area contributed by atoms with Crippen LogP contribution in [0.25, 0.3) is 11.3 Å². The maximum absolute atomic E-state index is 8.90. The Kier molecular flexibility index (Phi) is 4.12. The molecular weight excluding hydrogens is 252 g/mol. The third kappa shape index (κ3) is 2.78. The monoisotopic (exact) mass is 264 g/mol. The van der Waals surface area contributed by atoms with Crippen LogP contribution in [0.1, 0.15) is 5.82 Å². The smallest absolute Gasteiger partial charge is 0.131 e. The van der Waals surface area contributed by atoms with E-state index in [9.17, 15) is 0 Å². The molecule has 0 bridgehead atoms. The fourth-order valence-electron chi connectivity index (χ4n) is 1.65. The van der Waals surface area contributed by atoms with E-state index in [2.05, 4.69) is 9.97 Å². The van der Waals surface area contributed by atoms with Crippen molar-refractivity contribution in [1.82, 2.24) is 9.97 Å². The van der Waals surface area contributed by atoms with Crippen LogP contribution < -0.4 is 4.74 Å². The molecule has 0 aliphatic rings. The van der Waals surface area contributed by atoms with Crippen LogP contribution in [0.15, 0.2) is 30.5 Å². The van der Waals surface area contributed by atoms with Gasteiger partial charge in [0.2, 0.25) is 0 Å². The molecular formula is C13H13ClN2O2. The predicted molar refractivity (Wildman–Crippen MR) is 69.8 cm³/mol. The predicted octanol–water partition coefficient (Wildman–Crippen LogP) is 2.34. The van der Waals surface area contributed by atoms with E-state index in [4.69, 9.17) is 21.4 Å². The van der Waals surface area contributed by atoms with Gasteiger partial charge < -0.3 is 9.84 Å². The fraction of sp³-hybridized carbons (Fsp3) is 0.231. The Morgan fingerprint density at radius 3 is 2.89 bits per heavy atom. The SMILES string of the molecule is COc1ccc(Cl)cc1-c1ccnc(CCO)n1. The van der Waals surface area contributed by atoms with Crippen molar-refractivity contribution < 1.29 is 9.84 Å². The zero-order valence-electron chi connectivity index (χ0n) is 9.93. The number of aliphatic hydroxyl groups is 1. The summed E-state index contributed by atoms with van der Waals surface area (Å²) in [5.74, 6) is 1.30. The van der Waals surface area contributed by atoms with Crippen LogP contribution in [0.2, 0.25) is 5.02 Å². The molecule has 0 spiro atoms. The van der Waals surface area contributed by atoms with Gasteiger partial charge in [-0.25, -0.2) is 9.97 Å². The Morgan fingerprint density at radius 1 is 1.33 bits per heavy atom. The minimum atomic E-state index is 0.0239. The van der Waals surface area contributed by atoms with E-state index in [0.29, 0.717) is 23.0 Å². The molecule has 0 aliphatic carbocycles. The van der Waals surface area contributed by atoms with Crippen molar-refractivity contribution in [3.05, 3.63) is 41.3 Å². The second kappa shape index (κ2) is 5.80. The van der Waals surface area contributed by atoms with Crippen LogP contribution in [-0.4, -0.2) is 28.8 Å². The number of halogens is 1. The Morgan fingerprint density at radius 2 is 2.17 bits per heavy atom. The van der Waals surface area contributed by atoms with Crippen molar-refractivity contribution in [2.75, 3.05) is 13.7 Å². The summed E-state index contributed by atoms with van der Waals surface area (Å²) >= 11 is 5.99. The zero-order chi connectivity index (χ0) is 13.0. The first-order valence-electron chi connectivity index (χ1n) is 5.51. The highest BCUT2D eigenvalue weighted by Gasteiger charge is 2.09. The molecule has 1 aromatic carbocycles. The number of aliphatic hydroxyl groups excluding tert-OH is 1. The zero-order valence-corrected chi connectivity index (χ0v) is 10.7. The number of nitrogens with zero attached hydrogens (tertiary/aromatic N) is 2. The van der Waals surface area contributed by atoms with Gasteiger partial charge in [0, 0.05) is 23.2 Å². The highest BCUT2D eigenvalue weighted by molar-refractivity contribution is 6.30. The van der Waals surface area contributed by atoms with Gasteiger partial charge in [0.05, 0.1) is 19.4 Å². The normalized spacial score (nSPS) is 10.4. The molecule has 0 aliphatic heterocycles. The molecule has 4 nitrogen and oxygen atoms in total.